The maximum Gasteiger partial charge on any atom is 0.309 e. The molecule has 0 atom stereocenters. The van der Waals surface area contributed by atoms with E-state index in [4.69, 9.17) is 26.0 Å². The Kier molecular flexibility index (Phi) is 3.53. The molecule has 6 heteroatoms. The van der Waals surface area contributed by atoms with Crippen molar-refractivity contribution in [1.29, 1.82) is 0 Å². The molecule has 18 heavy (non-hydrogen) atoms. The molecule has 1 N–H and O–H groups in total. The minimum Gasteiger partial charge on any atom is -0.497 e. The van der Waals surface area contributed by atoms with E-state index in [2.05, 4.69) is 5.16 Å². The van der Waals surface area contributed by atoms with Gasteiger partial charge in [0.2, 0.25) is 0 Å². The summed E-state index contributed by atoms with van der Waals surface area (Å²) in [5, 5.41) is 12.8. The number of carbonyl (C=O) groups is 1. The van der Waals surface area contributed by atoms with Gasteiger partial charge < -0.3 is 14.4 Å². The molecule has 1 aromatic carbocycles. The van der Waals surface area contributed by atoms with Gasteiger partial charge in [-0.15, -0.1) is 0 Å². The first kappa shape index (κ1) is 12.4. The highest BCUT2D eigenvalue weighted by Gasteiger charge is 2.12. The third kappa shape index (κ3) is 2.62. The number of ether oxygens (including phenoxy) is 1. The van der Waals surface area contributed by atoms with Gasteiger partial charge in [-0.25, -0.2) is 0 Å². The number of rotatable bonds is 4. The molecule has 0 saturated carbocycles. The molecule has 0 fully saturated rings. The summed E-state index contributed by atoms with van der Waals surface area (Å²) in [7, 11) is 1.55. The molecular formula is C12H10ClNO4. The molecule has 94 valence electrons. The molecule has 2 rings (SSSR count). The molecular weight excluding hydrogens is 258 g/mol. The predicted molar refractivity (Wildman–Crippen MR) is 64.8 cm³/mol. The maximum absolute atomic E-state index is 10.5. The third-order valence-corrected chi connectivity index (χ3v) is 2.65. The summed E-state index contributed by atoms with van der Waals surface area (Å²) in [6, 6.07) is 6.67. The molecule has 5 nitrogen and oxygen atoms in total. The smallest absolute Gasteiger partial charge is 0.309 e. The molecule has 0 spiro atoms. The maximum atomic E-state index is 10.5. The molecule has 0 saturated heterocycles. The van der Waals surface area contributed by atoms with E-state index < -0.39 is 5.97 Å². The van der Waals surface area contributed by atoms with Gasteiger partial charge in [0.05, 0.1) is 24.2 Å². The van der Waals surface area contributed by atoms with Crippen LogP contribution in [0.5, 0.6) is 5.75 Å². The second kappa shape index (κ2) is 5.10. The van der Waals surface area contributed by atoms with E-state index in [0.29, 0.717) is 27.8 Å². The van der Waals surface area contributed by atoms with Crippen LogP contribution in [0.2, 0.25) is 5.02 Å². The summed E-state index contributed by atoms with van der Waals surface area (Å²) in [5.74, 6) is 0.101. The second-order valence-corrected chi connectivity index (χ2v) is 4.01. The van der Waals surface area contributed by atoms with E-state index >= 15 is 0 Å². The van der Waals surface area contributed by atoms with Crippen molar-refractivity contribution in [1.82, 2.24) is 5.16 Å². The Hall–Kier alpha value is -2.01. The number of benzene rings is 1. The molecule has 0 amide bonds. The summed E-state index contributed by atoms with van der Waals surface area (Å²) in [6.45, 7) is 0. The van der Waals surface area contributed by atoms with Gasteiger partial charge in [-0.3, -0.25) is 4.79 Å². The average Bonchev–Trinajstić information content (AvgIpc) is 2.76. The summed E-state index contributed by atoms with van der Waals surface area (Å²) < 4.78 is 10.1. The standard InChI is InChI=1S/C12H10ClNO4/c1-17-8-2-3-9(10(13)6-8)11-4-7(14-18-11)5-12(15)16/h2-4,6H,5H2,1H3,(H,15,16). The van der Waals surface area contributed by atoms with Crippen molar-refractivity contribution < 1.29 is 19.2 Å². The molecule has 0 bridgehead atoms. The Morgan fingerprint density at radius 1 is 1.50 bits per heavy atom. The predicted octanol–water partition coefficient (Wildman–Crippen LogP) is 2.63. The lowest BCUT2D eigenvalue weighted by atomic mass is 10.1. The first-order valence-corrected chi connectivity index (χ1v) is 5.49. The number of hydrogen-bond donors (Lipinski definition) is 1. The van der Waals surface area contributed by atoms with Crippen molar-refractivity contribution in [3.63, 3.8) is 0 Å². The topological polar surface area (TPSA) is 72.6 Å². The monoisotopic (exact) mass is 267 g/mol. The van der Waals surface area contributed by atoms with Crippen LogP contribution in [0.1, 0.15) is 5.69 Å². The lowest BCUT2D eigenvalue weighted by Crippen LogP contribution is -1.99. The van der Waals surface area contributed by atoms with Crippen molar-refractivity contribution in [2.45, 2.75) is 6.42 Å². The van der Waals surface area contributed by atoms with Crippen molar-refractivity contribution in [3.8, 4) is 17.1 Å². The third-order valence-electron chi connectivity index (χ3n) is 2.33. The molecule has 2 aromatic rings. The second-order valence-electron chi connectivity index (χ2n) is 3.60. The lowest BCUT2D eigenvalue weighted by Gasteiger charge is -2.03. The van der Waals surface area contributed by atoms with Crippen LogP contribution in [0.3, 0.4) is 0 Å². The number of aromatic nitrogens is 1. The molecule has 0 radical (unpaired) electrons. The summed E-state index contributed by atoms with van der Waals surface area (Å²) in [4.78, 5) is 10.5. The minimum absolute atomic E-state index is 0.183. The number of carboxylic acid groups (broad SMARTS) is 1. The number of aliphatic carboxylic acids is 1. The SMILES string of the molecule is COc1ccc(-c2cc(CC(=O)O)no2)c(Cl)c1. The normalized spacial score (nSPS) is 10.3. The van der Waals surface area contributed by atoms with E-state index in [1.165, 1.54) is 0 Å². The highest BCUT2D eigenvalue weighted by molar-refractivity contribution is 6.33. The number of methoxy groups -OCH3 is 1. The Labute approximate surface area is 108 Å². The fourth-order valence-electron chi connectivity index (χ4n) is 1.50. The van der Waals surface area contributed by atoms with E-state index in [1.807, 2.05) is 0 Å². The van der Waals surface area contributed by atoms with Crippen LogP contribution in [0, 0.1) is 0 Å². The van der Waals surface area contributed by atoms with Crippen LogP contribution >= 0.6 is 11.6 Å². The zero-order chi connectivity index (χ0) is 13.1. The molecule has 0 aliphatic carbocycles. The van der Waals surface area contributed by atoms with E-state index in [1.54, 1.807) is 31.4 Å². The summed E-state index contributed by atoms with van der Waals surface area (Å²) >= 11 is 6.07. The number of nitrogens with zero attached hydrogens (tertiary/aromatic N) is 1. The molecule has 0 aliphatic rings. The molecule has 1 heterocycles. The Morgan fingerprint density at radius 3 is 2.89 bits per heavy atom. The van der Waals surface area contributed by atoms with Crippen LogP contribution in [0.4, 0.5) is 0 Å². The van der Waals surface area contributed by atoms with E-state index in [-0.39, 0.29) is 6.42 Å². The number of halogens is 1. The fraction of sp³-hybridized carbons (Fsp3) is 0.167. The first-order chi connectivity index (χ1) is 8.60. The molecule has 1 aromatic heterocycles. The number of carboxylic acids is 1. The Morgan fingerprint density at radius 2 is 2.28 bits per heavy atom. The summed E-state index contributed by atoms with van der Waals surface area (Å²) in [6.07, 6.45) is -0.183. The quantitative estimate of drug-likeness (QED) is 0.922. The molecule has 0 aliphatic heterocycles. The van der Waals surface area contributed by atoms with Crippen LogP contribution in [0.15, 0.2) is 28.8 Å². The van der Waals surface area contributed by atoms with Crippen molar-refractivity contribution >= 4 is 17.6 Å². The summed E-state index contributed by atoms with van der Waals surface area (Å²) in [5.41, 5.74) is 0.992. The van der Waals surface area contributed by atoms with Gasteiger partial charge in [0, 0.05) is 11.6 Å². The zero-order valence-electron chi connectivity index (χ0n) is 9.51. The van der Waals surface area contributed by atoms with Gasteiger partial charge in [0.15, 0.2) is 5.76 Å². The van der Waals surface area contributed by atoms with Crippen molar-refractivity contribution in [3.05, 3.63) is 35.0 Å². The van der Waals surface area contributed by atoms with Gasteiger partial charge in [-0.05, 0) is 18.2 Å². The van der Waals surface area contributed by atoms with Gasteiger partial charge >= 0.3 is 5.97 Å². The largest absolute Gasteiger partial charge is 0.497 e. The van der Waals surface area contributed by atoms with Gasteiger partial charge in [0.25, 0.3) is 0 Å². The average molecular weight is 268 g/mol. The van der Waals surface area contributed by atoms with Crippen LogP contribution in [-0.2, 0) is 11.2 Å². The van der Waals surface area contributed by atoms with Gasteiger partial charge in [-0.2, -0.15) is 0 Å². The van der Waals surface area contributed by atoms with Gasteiger partial charge in [-0.1, -0.05) is 16.8 Å². The molecule has 0 unspecified atom stereocenters. The van der Waals surface area contributed by atoms with Crippen molar-refractivity contribution in [2.75, 3.05) is 7.11 Å². The van der Waals surface area contributed by atoms with Crippen LogP contribution in [-0.4, -0.2) is 23.3 Å². The Bertz CT molecular complexity index is 579. The van der Waals surface area contributed by atoms with Crippen LogP contribution < -0.4 is 4.74 Å². The highest BCUT2D eigenvalue weighted by atomic mass is 35.5. The zero-order valence-corrected chi connectivity index (χ0v) is 10.3. The minimum atomic E-state index is -0.962. The highest BCUT2D eigenvalue weighted by Crippen LogP contribution is 2.31. The fourth-order valence-corrected chi connectivity index (χ4v) is 1.76. The Balaban J connectivity index is 2.31. The van der Waals surface area contributed by atoms with Crippen molar-refractivity contribution in [2.24, 2.45) is 0 Å². The van der Waals surface area contributed by atoms with Crippen LogP contribution in [0.25, 0.3) is 11.3 Å². The number of hydrogen-bond acceptors (Lipinski definition) is 4. The van der Waals surface area contributed by atoms with E-state index in [0.717, 1.165) is 0 Å². The van der Waals surface area contributed by atoms with Gasteiger partial charge in [0.1, 0.15) is 5.75 Å². The lowest BCUT2D eigenvalue weighted by molar-refractivity contribution is -0.136. The van der Waals surface area contributed by atoms with E-state index in [9.17, 15) is 4.79 Å². The first-order valence-electron chi connectivity index (χ1n) is 5.11.